The Morgan fingerprint density at radius 2 is 1.61 bits per heavy atom. The summed E-state index contributed by atoms with van der Waals surface area (Å²) in [6.07, 6.45) is 5.01. The molecule has 242 valence electrons. The molecule has 9 rings (SSSR count). The summed E-state index contributed by atoms with van der Waals surface area (Å²) in [5, 5.41) is 3.05. The van der Waals surface area contributed by atoms with Gasteiger partial charge in [0.1, 0.15) is 11.6 Å². The van der Waals surface area contributed by atoms with Gasteiger partial charge in [0.2, 0.25) is 0 Å². The molecule has 1 N–H and O–H groups in total. The molecular formula is C36H36F5N3O2. The monoisotopic (exact) mass is 637 g/mol. The fraction of sp³-hybridized carbons (Fsp3) is 0.361. The lowest BCUT2D eigenvalue weighted by atomic mass is 9.86. The highest BCUT2D eigenvalue weighted by Gasteiger charge is 2.51. The number of benzene rings is 4. The third-order valence-corrected chi connectivity index (χ3v) is 9.00. The molecule has 1 aliphatic carbocycles. The maximum absolute atomic E-state index is 15.2. The average molecular weight is 638 g/mol. The summed E-state index contributed by atoms with van der Waals surface area (Å²) in [6.45, 7) is 10.9. The van der Waals surface area contributed by atoms with Crippen LogP contribution < -0.4 is 5.32 Å². The van der Waals surface area contributed by atoms with E-state index in [1.165, 1.54) is 0 Å². The molecule has 4 aliphatic rings. The van der Waals surface area contributed by atoms with Crippen LogP contribution >= 0.6 is 0 Å². The van der Waals surface area contributed by atoms with Crippen molar-refractivity contribution in [2.24, 2.45) is 5.92 Å². The Morgan fingerprint density at radius 3 is 2.28 bits per heavy atom. The Labute approximate surface area is 264 Å². The first kappa shape index (κ1) is 33.2. The first-order valence-electron chi connectivity index (χ1n) is 15.8. The predicted octanol–water partition coefficient (Wildman–Crippen LogP) is 9.21. The van der Waals surface area contributed by atoms with E-state index < -0.39 is 35.3 Å². The van der Waals surface area contributed by atoms with Crippen LogP contribution in [0, 0.1) is 29.2 Å². The van der Waals surface area contributed by atoms with Gasteiger partial charge in [-0.3, -0.25) is 9.93 Å². The van der Waals surface area contributed by atoms with Gasteiger partial charge in [0.15, 0.2) is 23.3 Å². The lowest BCUT2D eigenvalue weighted by Gasteiger charge is -2.20. The summed E-state index contributed by atoms with van der Waals surface area (Å²) < 4.78 is 70.3. The van der Waals surface area contributed by atoms with Crippen LogP contribution in [0.2, 0.25) is 0 Å². The fourth-order valence-electron chi connectivity index (χ4n) is 6.65. The zero-order valence-corrected chi connectivity index (χ0v) is 26.4. The molecule has 1 aromatic heterocycles. The highest BCUT2D eigenvalue weighted by Crippen LogP contribution is 2.58. The second-order valence-electron chi connectivity index (χ2n) is 11.5. The molecule has 46 heavy (non-hydrogen) atoms. The molecule has 5 aromatic rings. The Balaban J connectivity index is 0.000000274. The van der Waals surface area contributed by atoms with Gasteiger partial charge in [0.05, 0.1) is 22.8 Å². The molecule has 6 bridgehead atoms. The maximum atomic E-state index is 15.2. The van der Waals surface area contributed by atoms with E-state index in [-0.39, 0.29) is 21.7 Å². The fourth-order valence-corrected chi connectivity index (χ4v) is 6.65. The molecule has 1 saturated heterocycles. The number of hydrogen-bond acceptors (Lipinski definition) is 5. The van der Waals surface area contributed by atoms with E-state index in [0.717, 1.165) is 42.5 Å². The number of aromatic nitrogens is 2. The Bertz CT molecular complexity index is 1940. The molecule has 2 fully saturated rings. The summed E-state index contributed by atoms with van der Waals surface area (Å²) in [5.74, 6) is -6.97. The van der Waals surface area contributed by atoms with Gasteiger partial charge in [-0.25, -0.2) is 27.3 Å². The number of fused-ring (bicyclic) bond motifs is 3. The highest BCUT2D eigenvalue weighted by atomic mass is 19.3. The van der Waals surface area contributed by atoms with Crippen LogP contribution in [-0.4, -0.2) is 28.5 Å². The van der Waals surface area contributed by atoms with E-state index >= 15 is 8.78 Å². The summed E-state index contributed by atoms with van der Waals surface area (Å²) in [5.41, 5.74) is 3.55. The molecule has 2 unspecified atom stereocenters. The van der Waals surface area contributed by atoms with Crippen molar-refractivity contribution in [3.8, 4) is 11.3 Å². The Hall–Kier alpha value is -4.18. The van der Waals surface area contributed by atoms with Crippen LogP contribution in [0.3, 0.4) is 0 Å². The molecule has 0 radical (unpaired) electrons. The minimum atomic E-state index is -1.85. The number of hydrogen-bond donors (Lipinski definition) is 1. The molecule has 4 heterocycles. The van der Waals surface area contributed by atoms with Crippen molar-refractivity contribution in [2.45, 2.75) is 71.8 Å². The topological polar surface area (TPSA) is 64.1 Å². The minimum absolute atomic E-state index is 0.0320. The molecule has 5 nitrogen and oxygen atoms in total. The van der Waals surface area contributed by atoms with Gasteiger partial charge in [0, 0.05) is 20.9 Å². The molecule has 10 heteroatoms. The normalized spacial score (nSPS) is 20.5. The number of halogens is 5. The third kappa shape index (κ3) is 5.46. The number of nitrogens with zero attached hydrogens (tertiary/aromatic N) is 2. The quantitative estimate of drug-likeness (QED) is 0.0860. The summed E-state index contributed by atoms with van der Waals surface area (Å²) in [7, 11) is 0. The zero-order valence-electron chi connectivity index (χ0n) is 26.4. The van der Waals surface area contributed by atoms with E-state index in [1.54, 1.807) is 18.3 Å². The molecule has 0 amide bonds. The maximum Gasteiger partial charge on any atom is 0.365 e. The van der Waals surface area contributed by atoms with E-state index in [2.05, 4.69) is 33.2 Å². The SMILES string of the molecule is CC.CC.CC12C[C@@H]1Cc1cccc(c1)-c1cnc3c(n1)c1c(F)c(F)c(F)c(F)c1c1cccc2c13.O=C(OF)C1CCCN1. The largest absolute Gasteiger partial charge is 0.365 e. The van der Waals surface area contributed by atoms with Gasteiger partial charge < -0.3 is 5.32 Å². The van der Waals surface area contributed by atoms with Crippen molar-refractivity contribution in [3.05, 3.63) is 83.1 Å². The lowest BCUT2D eigenvalue weighted by Crippen LogP contribution is -2.30. The van der Waals surface area contributed by atoms with Crippen molar-refractivity contribution < 1.29 is 31.8 Å². The van der Waals surface area contributed by atoms with Crippen molar-refractivity contribution in [3.63, 3.8) is 0 Å². The predicted molar refractivity (Wildman–Crippen MR) is 170 cm³/mol. The van der Waals surface area contributed by atoms with E-state index in [9.17, 15) is 18.1 Å². The van der Waals surface area contributed by atoms with E-state index in [4.69, 9.17) is 0 Å². The van der Waals surface area contributed by atoms with Crippen LogP contribution in [0.15, 0.2) is 48.7 Å². The Kier molecular flexibility index (Phi) is 9.58. The minimum Gasteiger partial charge on any atom is -0.304 e. The van der Waals surface area contributed by atoms with Gasteiger partial charge in [-0.05, 0) is 66.1 Å². The summed E-state index contributed by atoms with van der Waals surface area (Å²) in [4.78, 5) is 22.7. The average Bonchev–Trinajstić information content (AvgIpc) is 3.45. The molecule has 1 saturated carbocycles. The molecule has 0 spiro atoms. The summed E-state index contributed by atoms with van der Waals surface area (Å²) in [6, 6.07) is 12.9. The smallest absolute Gasteiger partial charge is 0.304 e. The van der Waals surface area contributed by atoms with Crippen molar-refractivity contribution in [1.29, 1.82) is 0 Å². The van der Waals surface area contributed by atoms with Gasteiger partial charge in [0.25, 0.3) is 0 Å². The van der Waals surface area contributed by atoms with Crippen LogP contribution in [0.25, 0.3) is 43.8 Å². The molecule has 3 aliphatic heterocycles. The third-order valence-electron chi connectivity index (χ3n) is 9.00. The molecular weight excluding hydrogens is 601 g/mol. The second-order valence-corrected chi connectivity index (χ2v) is 11.5. The first-order valence-corrected chi connectivity index (χ1v) is 15.8. The van der Waals surface area contributed by atoms with Gasteiger partial charge in [-0.1, -0.05) is 71.0 Å². The highest BCUT2D eigenvalue weighted by molar-refractivity contribution is 6.24. The molecule has 3 atom stereocenters. The number of rotatable bonds is 1. The lowest BCUT2D eigenvalue weighted by molar-refractivity contribution is -0.185. The van der Waals surface area contributed by atoms with Crippen molar-refractivity contribution in [1.82, 2.24) is 15.3 Å². The van der Waals surface area contributed by atoms with Gasteiger partial charge in [-0.15, -0.1) is 0 Å². The second kappa shape index (κ2) is 13.3. The van der Waals surface area contributed by atoms with Gasteiger partial charge in [-0.2, -0.15) is 0 Å². The molecule has 4 aromatic carbocycles. The van der Waals surface area contributed by atoms with Crippen LogP contribution in [0.5, 0.6) is 0 Å². The summed E-state index contributed by atoms with van der Waals surface area (Å²) >= 11 is 0. The number of nitrogens with one attached hydrogen (secondary N) is 1. The van der Waals surface area contributed by atoms with Crippen LogP contribution in [0.1, 0.15) is 65.0 Å². The van der Waals surface area contributed by atoms with Crippen LogP contribution in [0.4, 0.5) is 22.1 Å². The number of carbonyl (C=O) groups is 1. The Morgan fingerprint density at radius 1 is 0.913 bits per heavy atom. The van der Waals surface area contributed by atoms with Crippen LogP contribution in [-0.2, 0) is 21.6 Å². The first-order chi connectivity index (χ1) is 22.2. The number of carbonyl (C=O) groups excluding carboxylic acids is 1. The zero-order chi connectivity index (χ0) is 33.3. The van der Waals surface area contributed by atoms with Gasteiger partial charge >= 0.3 is 5.97 Å². The van der Waals surface area contributed by atoms with E-state index in [1.807, 2.05) is 52.0 Å². The van der Waals surface area contributed by atoms with Crippen molar-refractivity contribution >= 4 is 38.5 Å². The van der Waals surface area contributed by atoms with E-state index in [0.29, 0.717) is 34.3 Å². The van der Waals surface area contributed by atoms with Crippen molar-refractivity contribution in [2.75, 3.05) is 6.54 Å². The standard InChI is InChI=1S/C27H16F4N2.C5H8FNO2.2C2H6/c1-27-10-14(27)9-12-4-2-5-13(8-12)17-11-32-25-18-15(6-3-7-16(18)27)19-20(26(25)33-17)22(29)24(31)23(30)21(19)28;6-9-5(8)4-2-1-3-7-4;2*1-2/h2-8,11,14H,9-10H2,1H3;4,7H,1-3H2;2*1-2H3/t14-,27?;;;/m0.../s1.